The molecule has 2 N–H and O–H groups in total. The van der Waals surface area contributed by atoms with Crippen LogP contribution in [0.2, 0.25) is 0 Å². The summed E-state index contributed by atoms with van der Waals surface area (Å²) in [6, 6.07) is 0. The van der Waals surface area contributed by atoms with Crippen molar-refractivity contribution in [3.63, 3.8) is 0 Å². The molecule has 0 saturated carbocycles. The van der Waals surface area contributed by atoms with E-state index in [1.807, 2.05) is 0 Å². The summed E-state index contributed by atoms with van der Waals surface area (Å²) >= 11 is 5.41. The lowest BCUT2D eigenvalue weighted by Crippen LogP contribution is -2.18. The van der Waals surface area contributed by atoms with Crippen molar-refractivity contribution in [2.24, 2.45) is 0 Å². The zero-order valence-corrected chi connectivity index (χ0v) is 7.56. The Balaban J connectivity index is 3.02. The van der Waals surface area contributed by atoms with Gasteiger partial charge in [-0.1, -0.05) is 0 Å². The van der Waals surface area contributed by atoms with E-state index in [0.29, 0.717) is 0 Å². The molecule has 1 rings (SSSR count). The van der Waals surface area contributed by atoms with Crippen LogP contribution in [-0.2, 0) is 5.88 Å². The van der Waals surface area contributed by atoms with Gasteiger partial charge in [0.25, 0.3) is 0 Å². The lowest BCUT2D eigenvalue weighted by atomic mass is 10.2. The molecular formula is C7H6ClF3N2O. The number of halogens is 4. The van der Waals surface area contributed by atoms with Crippen molar-refractivity contribution in [2.75, 3.05) is 5.73 Å². The van der Waals surface area contributed by atoms with Crippen LogP contribution in [0, 0.1) is 0 Å². The van der Waals surface area contributed by atoms with Gasteiger partial charge in [-0.25, -0.2) is 0 Å². The highest BCUT2D eigenvalue weighted by molar-refractivity contribution is 6.17. The molecule has 0 radical (unpaired) electrons. The van der Waals surface area contributed by atoms with Crippen molar-refractivity contribution in [1.82, 2.24) is 4.98 Å². The Hall–Kier alpha value is -1.17. The van der Waals surface area contributed by atoms with E-state index in [0.717, 1.165) is 6.20 Å². The Morgan fingerprint density at radius 1 is 1.43 bits per heavy atom. The third-order valence-corrected chi connectivity index (χ3v) is 1.68. The van der Waals surface area contributed by atoms with Crippen molar-refractivity contribution in [3.8, 4) is 5.75 Å². The highest BCUT2D eigenvalue weighted by Gasteiger charge is 2.32. The second-order valence-electron chi connectivity index (χ2n) is 2.39. The molecule has 0 aliphatic heterocycles. The van der Waals surface area contributed by atoms with E-state index in [1.54, 1.807) is 0 Å². The zero-order valence-electron chi connectivity index (χ0n) is 6.81. The number of hydrogen-bond donors (Lipinski definition) is 1. The van der Waals surface area contributed by atoms with Crippen molar-refractivity contribution < 1.29 is 17.9 Å². The summed E-state index contributed by atoms with van der Waals surface area (Å²) in [7, 11) is 0. The summed E-state index contributed by atoms with van der Waals surface area (Å²) in [5.74, 6) is -0.632. The number of nitrogens with two attached hydrogens (primary N) is 1. The van der Waals surface area contributed by atoms with Crippen molar-refractivity contribution >= 4 is 17.3 Å². The van der Waals surface area contributed by atoms with Crippen molar-refractivity contribution in [1.29, 1.82) is 0 Å². The van der Waals surface area contributed by atoms with Crippen LogP contribution >= 0.6 is 11.6 Å². The number of rotatable bonds is 2. The number of pyridine rings is 1. The molecule has 14 heavy (non-hydrogen) atoms. The summed E-state index contributed by atoms with van der Waals surface area (Å²) < 4.78 is 39.2. The Kier molecular flexibility index (Phi) is 3.05. The van der Waals surface area contributed by atoms with E-state index >= 15 is 0 Å². The van der Waals surface area contributed by atoms with Gasteiger partial charge in [0.1, 0.15) is 0 Å². The molecule has 3 nitrogen and oxygen atoms in total. The number of anilines is 1. The molecule has 0 aliphatic carbocycles. The van der Waals surface area contributed by atoms with Gasteiger partial charge in [0, 0.05) is 5.56 Å². The Morgan fingerprint density at radius 3 is 2.57 bits per heavy atom. The molecule has 78 valence electrons. The van der Waals surface area contributed by atoms with Crippen LogP contribution in [0.1, 0.15) is 5.56 Å². The molecule has 0 aromatic carbocycles. The van der Waals surface area contributed by atoms with Crippen LogP contribution in [0.3, 0.4) is 0 Å². The smallest absolute Gasteiger partial charge is 0.404 e. The minimum Gasteiger partial charge on any atom is -0.404 e. The first-order valence-electron chi connectivity index (χ1n) is 3.48. The summed E-state index contributed by atoms with van der Waals surface area (Å²) in [4.78, 5) is 3.47. The Bertz CT molecular complexity index is 329. The maximum absolute atomic E-state index is 11.9. The zero-order chi connectivity index (χ0) is 10.8. The highest BCUT2D eigenvalue weighted by atomic mass is 35.5. The number of aromatic nitrogens is 1. The molecule has 1 aromatic heterocycles. The van der Waals surface area contributed by atoms with Gasteiger partial charge in [0.2, 0.25) is 0 Å². The topological polar surface area (TPSA) is 48.1 Å². The number of nitrogens with zero attached hydrogens (tertiary/aromatic N) is 1. The third-order valence-electron chi connectivity index (χ3n) is 1.41. The van der Waals surface area contributed by atoms with Crippen LogP contribution in [-0.4, -0.2) is 11.3 Å². The summed E-state index contributed by atoms with van der Waals surface area (Å²) in [6.07, 6.45) is -2.64. The summed E-state index contributed by atoms with van der Waals surface area (Å²) in [5, 5.41) is 0. The van der Waals surface area contributed by atoms with Gasteiger partial charge in [-0.05, 0) is 0 Å². The molecule has 0 spiro atoms. The van der Waals surface area contributed by atoms with Gasteiger partial charge in [-0.15, -0.1) is 24.8 Å². The average Bonchev–Trinajstić information content (AvgIpc) is 2.01. The minimum absolute atomic E-state index is 0.0711. The standard InChI is InChI=1S/C7H6ClF3N2O/c8-1-4-5(12)2-13-3-6(4)14-7(9,10)11/h2-3H,1,12H2. The predicted octanol–water partition coefficient (Wildman–Crippen LogP) is 2.30. The highest BCUT2D eigenvalue weighted by Crippen LogP contribution is 2.29. The molecular weight excluding hydrogens is 221 g/mol. The second kappa shape index (κ2) is 3.91. The van der Waals surface area contributed by atoms with Crippen molar-refractivity contribution in [3.05, 3.63) is 18.0 Å². The van der Waals surface area contributed by atoms with E-state index in [4.69, 9.17) is 17.3 Å². The van der Waals surface area contributed by atoms with Gasteiger partial charge in [0.05, 0.1) is 24.0 Å². The largest absolute Gasteiger partial charge is 0.573 e. The van der Waals surface area contributed by atoms with Crippen LogP contribution in [0.5, 0.6) is 5.75 Å². The van der Waals surface area contributed by atoms with E-state index in [9.17, 15) is 13.2 Å². The summed E-state index contributed by atoms with van der Waals surface area (Å²) in [6.45, 7) is 0. The molecule has 1 aromatic rings. The third kappa shape index (κ3) is 2.66. The average molecular weight is 227 g/mol. The molecule has 7 heteroatoms. The van der Waals surface area contributed by atoms with Crippen LogP contribution in [0.4, 0.5) is 18.9 Å². The van der Waals surface area contributed by atoms with E-state index in [-0.39, 0.29) is 17.1 Å². The second-order valence-corrected chi connectivity index (χ2v) is 2.65. The van der Waals surface area contributed by atoms with E-state index in [1.165, 1.54) is 6.20 Å². The minimum atomic E-state index is -4.77. The lowest BCUT2D eigenvalue weighted by molar-refractivity contribution is -0.274. The quantitative estimate of drug-likeness (QED) is 0.787. The molecule has 0 unspecified atom stereocenters. The monoisotopic (exact) mass is 226 g/mol. The maximum atomic E-state index is 11.9. The number of nitrogen functional groups attached to an aromatic ring is 1. The van der Waals surface area contributed by atoms with E-state index < -0.39 is 12.1 Å². The molecule has 0 aliphatic rings. The fourth-order valence-corrected chi connectivity index (χ4v) is 1.13. The fourth-order valence-electron chi connectivity index (χ4n) is 0.839. The van der Waals surface area contributed by atoms with Crippen LogP contribution in [0.25, 0.3) is 0 Å². The maximum Gasteiger partial charge on any atom is 0.573 e. The van der Waals surface area contributed by atoms with Gasteiger partial charge >= 0.3 is 6.36 Å². The first-order valence-corrected chi connectivity index (χ1v) is 4.01. The van der Waals surface area contributed by atoms with Crippen LogP contribution < -0.4 is 10.5 Å². The van der Waals surface area contributed by atoms with Crippen LogP contribution in [0.15, 0.2) is 12.4 Å². The molecule has 0 atom stereocenters. The number of hydrogen-bond acceptors (Lipinski definition) is 3. The van der Waals surface area contributed by atoms with Gasteiger partial charge < -0.3 is 10.5 Å². The Morgan fingerprint density at radius 2 is 2.07 bits per heavy atom. The van der Waals surface area contributed by atoms with Gasteiger partial charge in [0.15, 0.2) is 5.75 Å². The molecule has 0 amide bonds. The SMILES string of the molecule is Nc1cncc(OC(F)(F)F)c1CCl. The first kappa shape index (κ1) is 10.9. The van der Waals surface area contributed by atoms with Crippen molar-refractivity contribution in [2.45, 2.75) is 12.2 Å². The molecule has 1 heterocycles. The van der Waals surface area contributed by atoms with Gasteiger partial charge in [-0.3, -0.25) is 4.98 Å². The number of alkyl halides is 4. The number of ether oxygens (including phenoxy) is 1. The Labute approximate surface area is 82.6 Å². The normalized spacial score (nSPS) is 11.4. The predicted molar refractivity (Wildman–Crippen MR) is 44.9 cm³/mol. The lowest BCUT2D eigenvalue weighted by Gasteiger charge is -2.12. The van der Waals surface area contributed by atoms with Gasteiger partial charge in [-0.2, -0.15) is 0 Å². The molecule has 0 fully saturated rings. The molecule has 0 bridgehead atoms. The summed E-state index contributed by atoms with van der Waals surface area (Å²) in [5.41, 5.74) is 5.51. The first-order chi connectivity index (χ1) is 6.44. The molecule has 0 saturated heterocycles. The van der Waals surface area contributed by atoms with E-state index in [2.05, 4.69) is 9.72 Å². The fraction of sp³-hybridized carbons (Fsp3) is 0.286.